The molecule has 1 atom stereocenters. The molecule has 0 radical (unpaired) electrons. The van der Waals surface area contributed by atoms with Crippen LogP contribution in [0.5, 0.6) is 11.5 Å². The van der Waals surface area contributed by atoms with E-state index in [1.807, 2.05) is 0 Å². The fourth-order valence-electron chi connectivity index (χ4n) is 4.54. The van der Waals surface area contributed by atoms with E-state index in [0.29, 0.717) is 22.1 Å². The summed E-state index contributed by atoms with van der Waals surface area (Å²) in [5.41, 5.74) is 0.936. The second-order valence-electron chi connectivity index (χ2n) is 9.22. The Bertz CT molecular complexity index is 1250. The minimum atomic E-state index is -3.84. The highest BCUT2D eigenvalue weighted by molar-refractivity contribution is 7.92. The van der Waals surface area contributed by atoms with Crippen molar-refractivity contribution in [1.82, 2.24) is 10.2 Å². The molecule has 1 aliphatic carbocycles. The SMILES string of the molecule is CCS(=O)(=O)N(CC(=O)N(Cc1ccccc1Cl)C(C)C(=O)NC1CCCC1)c1ccc2c(c1)OCO2. The molecule has 2 aliphatic rings. The third-order valence-corrected chi connectivity index (χ3v) is 8.90. The van der Waals surface area contributed by atoms with Crippen molar-refractivity contribution in [3.63, 3.8) is 0 Å². The van der Waals surface area contributed by atoms with Crippen LogP contribution in [0.1, 0.15) is 45.1 Å². The van der Waals surface area contributed by atoms with Gasteiger partial charge in [-0.3, -0.25) is 13.9 Å². The number of anilines is 1. The van der Waals surface area contributed by atoms with E-state index in [1.54, 1.807) is 43.3 Å². The number of nitrogens with zero attached hydrogens (tertiary/aromatic N) is 2. The summed E-state index contributed by atoms with van der Waals surface area (Å²) in [4.78, 5) is 28.3. The van der Waals surface area contributed by atoms with Crippen molar-refractivity contribution in [3.05, 3.63) is 53.1 Å². The number of carbonyl (C=O) groups excluding carboxylic acids is 2. The van der Waals surface area contributed by atoms with E-state index in [1.165, 1.54) is 17.9 Å². The third kappa shape index (κ3) is 6.30. The number of halogens is 1. The van der Waals surface area contributed by atoms with Crippen molar-refractivity contribution in [2.45, 2.75) is 58.2 Å². The van der Waals surface area contributed by atoms with Crippen molar-refractivity contribution in [1.29, 1.82) is 0 Å². The second-order valence-corrected chi connectivity index (χ2v) is 11.8. The molecule has 0 aromatic heterocycles. The summed E-state index contributed by atoms with van der Waals surface area (Å²) in [6.07, 6.45) is 3.93. The Morgan fingerprint density at radius 3 is 2.51 bits per heavy atom. The number of carbonyl (C=O) groups is 2. The third-order valence-electron chi connectivity index (χ3n) is 6.79. The van der Waals surface area contributed by atoms with E-state index in [4.69, 9.17) is 21.1 Å². The Labute approximate surface area is 222 Å². The largest absolute Gasteiger partial charge is 0.454 e. The molecular formula is C26H32ClN3O6S. The minimum Gasteiger partial charge on any atom is -0.454 e. The Morgan fingerprint density at radius 1 is 1.11 bits per heavy atom. The van der Waals surface area contributed by atoms with Gasteiger partial charge in [-0.2, -0.15) is 0 Å². The van der Waals surface area contributed by atoms with Crippen LogP contribution in [0, 0.1) is 0 Å². The lowest BCUT2D eigenvalue weighted by atomic mass is 10.1. The molecular weight excluding hydrogens is 518 g/mol. The molecule has 11 heteroatoms. The second kappa shape index (κ2) is 11.6. The Hall–Kier alpha value is -2.98. The molecule has 2 aromatic carbocycles. The first-order chi connectivity index (χ1) is 17.7. The van der Waals surface area contributed by atoms with E-state index in [2.05, 4.69) is 5.32 Å². The smallest absolute Gasteiger partial charge is 0.244 e. The van der Waals surface area contributed by atoms with Gasteiger partial charge < -0.3 is 19.7 Å². The summed E-state index contributed by atoms with van der Waals surface area (Å²) < 4.78 is 38.0. The van der Waals surface area contributed by atoms with Gasteiger partial charge in [-0.1, -0.05) is 42.6 Å². The highest BCUT2D eigenvalue weighted by Gasteiger charge is 2.33. The van der Waals surface area contributed by atoms with E-state index in [-0.39, 0.29) is 36.7 Å². The number of fused-ring (bicyclic) bond motifs is 1. The summed E-state index contributed by atoms with van der Waals surface area (Å²) in [5.74, 6) is -0.110. The first-order valence-corrected chi connectivity index (χ1v) is 14.4. The van der Waals surface area contributed by atoms with Crippen LogP contribution in [0.15, 0.2) is 42.5 Å². The number of sulfonamides is 1. The topological polar surface area (TPSA) is 105 Å². The number of rotatable bonds is 10. The summed E-state index contributed by atoms with van der Waals surface area (Å²) >= 11 is 6.37. The number of benzene rings is 2. The molecule has 1 saturated carbocycles. The first kappa shape index (κ1) is 27.1. The summed E-state index contributed by atoms with van der Waals surface area (Å²) in [6.45, 7) is 2.77. The molecule has 0 saturated heterocycles. The standard InChI is InChI=1S/C26H32ClN3O6S/c1-3-37(33,34)30(21-12-13-23-24(14-21)36-17-35-23)16-25(31)29(15-19-8-4-7-11-22(19)27)18(2)26(32)28-20-9-5-6-10-20/h4,7-8,11-14,18,20H,3,5-6,9-10,15-17H2,1-2H3,(H,28,32). The molecule has 0 bridgehead atoms. The minimum absolute atomic E-state index is 0.0392. The molecule has 2 aromatic rings. The molecule has 1 heterocycles. The highest BCUT2D eigenvalue weighted by Crippen LogP contribution is 2.36. The van der Waals surface area contributed by atoms with Gasteiger partial charge in [0, 0.05) is 23.7 Å². The summed E-state index contributed by atoms with van der Waals surface area (Å²) in [7, 11) is -3.84. The van der Waals surface area contributed by atoms with Gasteiger partial charge in [0.15, 0.2) is 11.5 Å². The van der Waals surface area contributed by atoms with Crippen LogP contribution in [0.25, 0.3) is 0 Å². The Balaban J connectivity index is 1.62. The highest BCUT2D eigenvalue weighted by atomic mass is 35.5. The Morgan fingerprint density at radius 2 is 1.81 bits per heavy atom. The summed E-state index contributed by atoms with van der Waals surface area (Å²) in [6, 6.07) is 11.0. The lowest BCUT2D eigenvalue weighted by Gasteiger charge is -2.32. The molecule has 4 rings (SSSR count). The van der Waals surface area contributed by atoms with E-state index in [0.717, 1.165) is 30.0 Å². The van der Waals surface area contributed by atoms with Crippen molar-refractivity contribution in [2.75, 3.05) is 23.4 Å². The van der Waals surface area contributed by atoms with Gasteiger partial charge in [-0.15, -0.1) is 0 Å². The van der Waals surface area contributed by atoms with Crippen molar-refractivity contribution in [3.8, 4) is 11.5 Å². The number of ether oxygens (including phenoxy) is 2. The maximum Gasteiger partial charge on any atom is 0.244 e. The normalized spacial score (nSPS) is 15.9. The molecule has 200 valence electrons. The number of nitrogens with one attached hydrogen (secondary N) is 1. The molecule has 37 heavy (non-hydrogen) atoms. The zero-order valence-corrected chi connectivity index (χ0v) is 22.6. The lowest BCUT2D eigenvalue weighted by molar-refractivity contribution is -0.139. The Kier molecular flexibility index (Phi) is 8.49. The number of amides is 2. The zero-order chi connectivity index (χ0) is 26.6. The maximum atomic E-state index is 13.8. The molecule has 1 fully saturated rings. The van der Waals surface area contributed by atoms with E-state index in [9.17, 15) is 18.0 Å². The van der Waals surface area contributed by atoms with Crippen molar-refractivity contribution in [2.24, 2.45) is 0 Å². The molecule has 0 spiro atoms. The predicted molar refractivity (Wildman–Crippen MR) is 141 cm³/mol. The van der Waals surface area contributed by atoms with Gasteiger partial charge in [-0.25, -0.2) is 8.42 Å². The predicted octanol–water partition coefficient (Wildman–Crippen LogP) is 3.70. The first-order valence-electron chi connectivity index (χ1n) is 12.4. The zero-order valence-electron chi connectivity index (χ0n) is 21.0. The van der Waals surface area contributed by atoms with Crippen molar-refractivity contribution < 1.29 is 27.5 Å². The van der Waals surface area contributed by atoms with Crippen LogP contribution in [-0.2, 0) is 26.2 Å². The quantitative estimate of drug-likeness (QED) is 0.484. The molecule has 2 amide bonds. The van der Waals surface area contributed by atoms with Crippen LogP contribution in [-0.4, -0.2) is 56.3 Å². The van der Waals surface area contributed by atoms with Gasteiger partial charge in [-0.05, 0) is 50.5 Å². The molecule has 1 unspecified atom stereocenters. The fraction of sp³-hybridized carbons (Fsp3) is 0.462. The van der Waals surface area contributed by atoms with Crippen LogP contribution < -0.4 is 19.1 Å². The van der Waals surface area contributed by atoms with Crippen LogP contribution in [0.3, 0.4) is 0 Å². The van der Waals surface area contributed by atoms with Crippen LogP contribution in [0.4, 0.5) is 5.69 Å². The van der Waals surface area contributed by atoms with Crippen molar-refractivity contribution >= 4 is 39.1 Å². The van der Waals surface area contributed by atoms with Gasteiger partial charge in [0.05, 0.1) is 11.4 Å². The van der Waals surface area contributed by atoms with E-state index < -0.39 is 28.5 Å². The van der Waals surface area contributed by atoms with Crippen LogP contribution >= 0.6 is 11.6 Å². The molecule has 1 aliphatic heterocycles. The van der Waals surface area contributed by atoms with Gasteiger partial charge in [0.2, 0.25) is 28.6 Å². The fourth-order valence-corrected chi connectivity index (χ4v) is 5.79. The van der Waals surface area contributed by atoms with Gasteiger partial charge in [0.1, 0.15) is 12.6 Å². The lowest BCUT2D eigenvalue weighted by Crippen LogP contribution is -2.52. The summed E-state index contributed by atoms with van der Waals surface area (Å²) in [5, 5.41) is 3.50. The number of hydrogen-bond acceptors (Lipinski definition) is 6. The number of hydrogen-bond donors (Lipinski definition) is 1. The van der Waals surface area contributed by atoms with Gasteiger partial charge in [0.25, 0.3) is 0 Å². The monoisotopic (exact) mass is 549 g/mol. The molecule has 9 nitrogen and oxygen atoms in total. The average Bonchev–Trinajstić information content (AvgIpc) is 3.57. The maximum absolute atomic E-state index is 13.8. The van der Waals surface area contributed by atoms with E-state index >= 15 is 0 Å². The van der Waals surface area contributed by atoms with Crippen LogP contribution in [0.2, 0.25) is 5.02 Å². The van der Waals surface area contributed by atoms with Gasteiger partial charge >= 0.3 is 0 Å². The molecule has 1 N–H and O–H groups in total. The average molecular weight is 550 g/mol.